The van der Waals surface area contributed by atoms with Crippen LogP contribution in [0.5, 0.6) is 0 Å². The minimum absolute atomic E-state index is 0.0873. The predicted molar refractivity (Wildman–Crippen MR) is 70.9 cm³/mol. The number of fused-ring (bicyclic) bond motifs is 1. The number of rotatable bonds is 4. The Kier molecular flexibility index (Phi) is 3.01. The van der Waals surface area contributed by atoms with E-state index in [0.717, 1.165) is 19.3 Å². The third-order valence-electron chi connectivity index (χ3n) is 4.35. The molecule has 0 bridgehead atoms. The molecule has 1 saturated heterocycles. The van der Waals surface area contributed by atoms with Gasteiger partial charge in [-0.15, -0.1) is 10.2 Å². The van der Waals surface area contributed by atoms with Crippen LogP contribution in [0.4, 0.5) is 0 Å². The lowest BCUT2D eigenvalue weighted by Gasteiger charge is -2.41. The molecular formula is C13H21N5O2. The molecule has 2 heterocycles. The molecule has 20 heavy (non-hydrogen) atoms. The zero-order chi connectivity index (χ0) is 16.7. The maximum absolute atomic E-state index is 11.4. The van der Waals surface area contributed by atoms with Crippen molar-refractivity contribution < 1.29 is 14.0 Å². The van der Waals surface area contributed by atoms with Crippen molar-refractivity contribution in [2.45, 2.75) is 44.5 Å². The molecule has 0 aromatic carbocycles. The summed E-state index contributed by atoms with van der Waals surface area (Å²) in [6.45, 7) is 0.386. The number of aliphatic carboxylic acids is 1. The minimum Gasteiger partial charge on any atom is -0.480 e. The number of carbonyl (C=O) groups is 1. The number of aromatic amines is 1. The normalized spacial score (nSPS) is 42.0. The summed E-state index contributed by atoms with van der Waals surface area (Å²) in [4.78, 5) is 11.4. The topological polar surface area (TPSA) is 104 Å². The Morgan fingerprint density at radius 2 is 2.40 bits per heavy atom. The van der Waals surface area contributed by atoms with E-state index in [1.165, 1.54) is 0 Å². The molecule has 3 N–H and O–H groups in total. The van der Waals surface area contributed by atoms with Crippen LogP contribution in [-0.2, 0) is 11.2 Å². The van der Waals surface area contributed by atoms with Crippen molar-refractivity contribution in [3.8, 4) is 0 Å². The fourth-order valence-electron chi connectivity index (χ4n) is 3.23. The predicted octanol–water partition coefficient (Wildman–Crippen LogP) is 0.611. The number of nitrogens with one attached hydrogen (secondary N) is 2. The van der Waals surface area contributed by atoms with Gasteiger partial charge in [0.2, 0.25) is 0 Å². The molecule has 3 rings (SSSR count). The quantitative estimate of drug-likeness (QED) is 0.747. The number of carboxylic acids is 1. The Morgan fingerprint density at radius 3 is 3.15 bits per heavy atom. The van der Waals surface area contributed by atoms with E-state index in [9.17, 15) is 9.90 Å². The van der Waals surface area contributed by atoms with Gasteiger partial charge in [-0.05, 0) is 49.9 Å². The second-order valence-corrected chi connectivity index (χ2v) is 5.62. The second kappa shape index (κ2) is 5.87. The average molecular weight is 282 g/mol. The summed E-state index contributed by atoms with van der Waals surface area (Å²) in [5, 5.41) is 25.7. The summed E-state index contributed by atoms with van der Waals surface area (Å²) in [6, 6.07) is -2.27. The van der Waals surface area contributed by atoms with Gasteiger partial charge in [-0.2, -0.15) is 5.21 Å². The smallest absolute Gasteiger partial charge is 0.320 e. The second-order valence-electron chi connectivity index (χ2n) is 5.62. The van der Waals surface area contributed by atoms with Gasteiger partial charge in [0, 0.05) is 9.16 Å². The lowest BCUT2D eigenvalue weighted by Crippen LogP contribution is -2.49. The zero-order valence-electron chi connectivity index (χ0n) is 14.2. The van der Waals surface area contributed by atoms with E-state index in [1.807, 2.05) is 0 Å². The number of H-pyrrole nitrogens is 1. The first-order valence-electron chi connectivity index (χ1n) is 8.55. The van der Waals surface area contributed by atoms with Crippen LogP contribution in [0.1, 0.15) is 42.0 Å². The van der Waals surface area contributed by atoms with Crippen molar-refractivity contribution in [1.82, 2.24) is 25.9 Å². The van der Waals surface area contributed by atoms with Crippen LogP contribution < -0.4 is 5.32 Å². The van der Waals surface area contributed by atoms with E-state index < -0.39 is 24.3 Å². The molecule has 1 aromatic rings. The van der Waals surface area contributed by atoms with E-state index in [-0.39, 0.29) is 5.92 Å². The number of hydrogen-bond acceptors (Lipinski definition) is 5. The van der Waals surface area contributed by atoms with Gasteiger partial charge in [-0.25, -0.2) is 0 Å². The van der Waals surface area contributed by atoms with Gasteiger partial charge >= 0.3 is 5.97 Å². The molecule has 1 aliphatic heterocycles. The highest BCUT2D eigenvalue weighted by molar-refractivity contribution is 5.73. The summed E-state index contributed by atoms with van der Waals surface area (Å²) in [7, 11) is 0. The molecule has 1 aromatic heterocycles. The molecule has 1 aliphatic carbocycles. The molecular weight excluding hydrogens is 258 g/mol. The highest BCUT2D eigenvalue weighted by Gasteiger charge is 2.37. The van der Waals surface area contributed by atoms with Crippen molar-refractivity contribution in [2.75, 3.05) is 6.54 Å². The lowest BCUT2D eigenvalue weighted by molar-refractivity contribution is -0.141. The summed E-state index contributed by atoms with van der Waals surface area (Å²) in [6.07, 6.45) is 1.82. The first-order valence-corrected chi connectivity index (χ1v) is 7.05. The third-order valence-corrected chi connectivity index (χ3v) is 4.35. The fourth-order valence-corrected chi connectivity index (χ4v) is 3.23. The average Bonchev–Trinajstić information content (AvgIpc) is 3.03. The van der Waals surface area contributed by atoms with Crippen molar-refractivity contribution in [1.29, 1.82) is 0 Å². The van der Waals surface area contributed by atoms with Gasteiger partial charge in [0.1, 0.15) is 6.02 Å². The van der Waals surface area contributed by atoms with Crippen molar-refractivity contribution in [3.63, 3.8) is 0 Å². The summed E-state index contributed by atoms with van der Waals surface area (Å²) >= 11 is 0. The SMILES string of the molecule is [2H]C1([2H])[C@H]2C[C@@H](CCc3nn[nH]n3)CC[C@H]2CN[C@]1([2H])C(=O)O. The highest BCUT2D eigenvalue weighted by atomic mass is 16.4. The van der Waals surface area contributed by atoms with Crippen LogP contribution in [0.15, 0.2) is 0 Å². The Hall–Kier alpha value is -1.50. The summed E-state index contributed by atoms with van der Waals surface area (Å²) < 4.78 is 24.7. The molecule has 0 radical (unpaired) electrons. The van der Waals surface area contributed by atoms with Gasteiger partial charge in [0.05, 0.1) is 1.37 Å². The van der Waals surface area contributed by atoms with Crippen molar-refractivity contribution in [3.05, 3.63) is 5.82 Å². The minimum atomic E-state index is -2.27. The number of aryl methyl sites for hydroxylation is 1. The van der Waals surface area contributed by atoms with Gasteiger partial charge in [-0.1, -0.05) is 11.6 Å². The number of tetrazole rings is 1. The van der Waals surface area contributed by atoms with Crippen molar-refractivity contribution >= 4 is 5.97 Å². The van der Waals surface area contributed by atoms with Crippen LogP contribution in [-0.4, -0.2) is 44.3 Å². The van der Waals surface area contributed by atoms with Crippen LogP contribution in [0.25, 0.3) is 0 Å². The number of nitrogens with zero attached hydrogens (tertiary/aromatic N) is 3. The first-order chi connectivity index (χ1) is 10.8. The molecule has 1 saturated carbocycles. The molecule has 0 amide bonds. The Bertz CT molecular complexity index is 570. The zero-order valence-corrected chi connectivity index (χ0v) is 11.2. The van der Waals surface area contributed by atoms with Crippen LogP contribution in [0.2, 0.25) is 0 Å². The van der Waals surface area contributed by atoms with E-state index in [2.05, 4.69) is 25.9 Å². The lowest BCUT2D eigenvalue weighted by atomic mass is 9.69. The Morgan fingerprint density at radius 1 is 1.50 bits per heavy atom. The van der Waals surface area contributed by atoms with Gasteiger partial charge in [0.25, 0.3) is 0 Å². The maximum Gasteiger partial charge on any atom is 0.320 e. The molecule has 0 spiro atoms. The molecule has 2 fully saturated rings. The largest absolute Gasteiger partial charge is 0.480 e. The molecule has 7 heteroatoms. The highest BCUT2D eigenvalue weighted by Crippen LogP contribution is 2.40. The number of piperidine rings is 1. The molecule has 0 unspecified atom stereocenters. The number of carboxylic acid groups (broad SMARTS) is 1. The van der Waals surface area contributed by atoms with Crippen LogP contribution in [0.3, 0.4) is 0 Å². The van der Waals surface area contributed by atoms with E-state index in [0.29, 0.717) is 31.1 Å². The van der Waals surface area contributed by atoms with Crippen LogP contribution in [0, 0.1) is 17.8 Å². The first kappa shape index (κ1) is 10.3. The molecule has 7 nitrogen and oxygen atoms in total. The Balaban J connectivity index is 1.70. The number of aromatic nitrogens is 4. The number of hydrogen-bond donors (Lipinski definition) is 3. The van der Waals surface area contributed by atoms with E-state index in [1.54, 1.807) is 0 Å². The monoisotopic (exact) mass is 282 g/mol. The van der Waals surface area contributed by atoms with Crippen molar-refractivity contribution in [2.24, 2.45) is 17.8 Å². The van der Waals surface area contributed by atoms with Gasteiger partial charge in [0.15, 0.2) is 5.82 Å². The maximum atomic E-state index is 11.4. The van der Waals surface area contributed by atoms with Crippen LogP contribution >= 0.6 is 0 Å². The molecule has 2 aliphatic rings. The van der Waals surface area contributed by atoms with Gasteiger partial charge < -0.3 is 10.4 Å². The Labute approximate surface area is 121 Å². The summed E-state index contributed by atoms with van der Waals surface area (Å²) in [5.41, 5.74) is 0. The fraction of sp³-hybridized carbons (Fsp3) is 0.846. The molecule has 4 atom stereocenters. The van der Waals surface area contributed by atoms with Gasteiger partial charge in [-0.3, -0.25) is 4.79 Å². The van der Waals surface area contributed by atoms with E-state index in [4.69, 9.17) is 4.11 Å². The third kappa shape index (κ3) is 2.98. The standard InChI is InChI=1S/C13H21N5O2/c19-13(20)11-6-10-5-8(1-3-9(10)7-14-11)2-4-12-15-17-18-16-12/h8-11,14H,1-7H2,(H,19,20)(H,15,16,17,18)/t8-,9+,10-,11+/m1/s1/i6D2,11D. The van der Waals surface area contributed by atoms with E-state index >= 15 is 0 Å². The summed E-state index contributed by atoms with van der Waals surface area (Å²) in [5.74, 6) is -0.845. The molecule has 110 valence electrons.